The summed E-state index contributed by atoms with van der Waals surface area (Å²) in [6.07, 6.45) is 3.48. The number of carbonyl (C=O) groups is 1. The minimum absolute atomic E-state index is 0.333. The van der Waals surface area contributed by atoms with Gasteiger partial charge in [0, 0.05) is 22.8 Å². The molecule has 0 saturated heterocycles. The molecule has 18 heavy (non-hydrogen) atoms. The molecule has 0 saturated carbocycles. The van der Waals surface area contributed by atoms with Crippen molar-refractivity contribution in [3.63, 3.8) is 0 Å². The molecule has 1 aliphatic heterocycles. The van der Waals surface area contributed by atoms with E-state index in [2.05, 4.69) is 10.8 Å². The predicted molar refractivity (Wildman–Crippen MR) is 70.8 cm³/mol. The number of hydrogen-bond donors (Lipinski definition) is 1. The largest absolute Gasteiger partial charge is 0.464 e. The molecule has 0 unspecified atom stereocenters. The second-order valence-corrected chi connectivity index (χ2v) is 5.55. The van der Waals surface area contributed by atoms with Crippen LogP contribution in [-0.4, -0.2) is 5.97 Å². The van der Waals surface area contributed by atoms with E-state index in [4.69, 9.17) is 9.15 Å². The van der Waals surface area contributed by atoms with E-state index in [1.165, 1.54) is 18.9 Å². The summed E-state index contributed by atoms with van der Waals surface area (Å²) in [7, 11) is 0. The van der Waals surface area contributed by atoms with Crippen LogP contribution in [0.25, 0.3) is 16.7 Å². The van der Waals surface area contributed by atoms with Gasteiger partial charge in [0.15, 0.2) is 0 Å². The van der Waals surface area contributed by atoms with Gasteiger partial charge in [-0.25, -0.2) is 0 Å². The Kier molecular flexibility index (Phi) is 2.89. The lowest BCUT2D eigenvalue weighted by molar-refractivity contribution is -0.137. The summed E-state index contributed by atoms with van der Waals surface area (Å²) in [6, 6.07) is 5.84. The summed E-state index contributed by atoms with van der Waals surface area (Å²) in [5.41, 5.74) is 0. The molecule has 0 amide bonds. The number of rotatable bonds is 2. The molecule has 2 aromatic heterocycles. The van der Waals surface area contributed by atoms with Crippen LogP contribution in [0.4, 0.5) is 0 Å². The molecular weight excluding hydrogens is 270 g/mol. The molecule has 1 aliphatic rings. The SMILES string of the molecule is CC(=O)OC1=Cc2sc(-c3ccco3)cc2SN1. The summed E-state index contributed by atoms with van der Waals surface area (Å²) in [5, 5.41) is 0. The van der Waals surface area contributed by atoms with Crippen LogP contribution in [0.1, 0.15) is 11.8 Å². The first kappa shape index (κ1) is 11.4. The van der Waals surface area contributed by atoms with Crippen LogP contribution < -0.4 is 4.72 Å². The van der Waals surface area contributed by atoms with E-state index in [1.54, 1.807) is 17.6 Å². The van der Waals surface area contributed by atoms with Gasteiger partial charge < -0.3 is 9.15 Å². The van der Waals surface area contributed by atoms with Crippen molar-refractivity contribution in [3.8, 4) is 10.6 Å². The number of furan rings is 1. The summed E-state index contributed by atoms with van der Waals surface area (Å²) < 4.78 is 13.4. The van der Waals surface area contributed by atoms with Crippen LogP contribution in [0.5, 0.6) is 0 Å². The highest BCUT2D eigenvalue weighted by atomic mass is 32.2. The monoisotopic (exact) mass is 279 g/mol. The van der Waals surface area contributed by atoms with E-state index >= 15 is 0 Å². The third kappa shape index (κ3) is 2.16. The summed E-state index contributed by atoms with van der Waals surface area (Å²) in [5.74, 6) is 0.978. The Balaban J connectivity index is 1.92. The number of thiophene rings is 1. The Labute approximate surface area is 112 Å². The minimum Gasteiger partial charge on any atom is -0.464 e. The Morgan fingerprint density at radius 3 is 3.11 bits per heavy atom. The molecule has 2 aromatic rings. The number of nitrogens with one attached hydrogen (secondary N) is 1. The van der Waals surface area contributed by atoms with Crippen LogP contribution in [0.15, 0.2) is 39.7 Å². The van der Waals surface area contributed by atoms with Gasteiger partial charge in [0.2, 0.25) is 5.88 Å². The number of esters is 1. The number of ether oxygens (including phenoxy) is 1. The van der Waals surface area contributed by atoms with Crippen LogP contribution in [0.2, 0.25) is 0 Å². The number of fused-ring (bicyclic) bond motifs is 1. The van der Waals surface area contributed by atoms with Crippen molar-refractivity contribution >= 4 is 35.3 Å². The molecule has 6 heteroatoms. The van der Waals surface area contributed by atoms with Crippen LogP contribution >= 0.6 is 23.3 Å². The van der Waals surface area contributed by atoms with Crippen molar-refractivity contribution in [2.75, 3.05) is 0 Å². The smallest absolute Gasteiger partial charge is 0.309 e. The topological polar surface area (TPSA) is 51.5 Å². The molecule has 0 bridgehead atoms. The lowest BCUT2D eigenvalue weighted by atomic mass is 10.3. The van der Waals surface area contributed by atoms with E-state index in [1.807, 2.05) is 18.2 Å². The fourth-order valence-corrected chi connectivity index (χ4v) is 3.50. The van der Waals surface area contributed by atoms with Gasteiger partial charge in [0.05, 0.1) is 11.1 Å². The normalized spacial score (nSPS) is 13.5. The highest BCUT2D eigenvalue weighted by Gasteiger charge is 2.17. The Hall–Kier alpha value is -1.66. The van der Waals surface area contributed by atoms with Crippen LogP contribution in [-0.2, 0) is 9.53 Å². The van der Waals surface area contributed by atoms with Gasteiger partial charge in [-0.1, -0.05) is 0 Å². The number of hydrogen-bond acceptors (Lipinski definition) is 6. The van der Waals surface area contributed by atoms with Crippen molar-refractivity contribution in [3.05, 3.63) is 35.2 Å². The molecule has 4 nitrogen and oxygen atoms in total. The van der Waals surface area contributed by atoms with Crippen molar-refractivity contribution in [2.45, 2.75) is 11.8 Å². The lowest BCUT2D eigenvalue weighted by Gasteiger charge is -2.13. The highest BCUT2D eigenvalue weighted by Crippen LogP contribution is 2.39. The summed E-state index contributed by atoms with van der Waals surface area (Å²) >= 11 is 3.03. The fourth-order valence-electron chi connectivity index (χ4n) is 1.57. The van der Waals surface area contributed by atoms with Crippen molar-refractivity contribution < 1.29 is 13.9 Å². The van der Waals surface area contributed by atoms with Crippen LogP contribution in [0.3, 0.4) is 0 Å². The van der Waals surface area contributed by atoms with E-state index in [9.17, 15) is 4.79 Å². The molecule has 0 spiro atoms. The van der Waals surface area contributed by atoms with Crippen molar-refractivity contribution in [1.29, 1.82) is 0 Å². The van der Waals surface area contributed by atoms with Gasteiger partial charge in [-0.3, -0.25) is 9.52 Å². The average Bonchev–Trinajstić information content (AvgIpc) is 2.95. The maximum Gasteiger partial charge on any atom is 0.309 e. The third-order valence-corrected chi connectivity index (χ3v) is 4.35. The van der Waals surface area contributed by atoms with Gasteiger partial charge in [-0.15, -0.1) is 11.3 Å². The molecule has 3 rings (SSSR count). The van der Waals surface area contributed by atoms with Crippen molar-refractivity contribution in [2.24, 2.45) is 0 Å². The number of carbonyl (C=O) groups excluding carboxylic acids is 1. The molecule has 0 radical (unpaired) electrons. The van der Waals surface area contributed by atoms with Gasteiger partial charge >= 0.3 is 5.97 Å². The van der Waals surface area contributed by atoms with E-state index in [0.29, 0.717) is 5.88 Å². The Bertz CT molecular complexity index is 613. The molecule has 0 atom stereocenters. The lowest BCUT2D eigenvalue weighted by Crippen LogP contribution is -2.12. The van der Waals surface area contributed by atoms with E-state index in [-0.39, 0.29) is 5.97 Å². The Morgan fingerprint density at radius 1 is 1.50 bits per heavy atom. The van der Waals surface area contributed by atoms with E-state index < -0.39 is 0 Å². The quantitative estimate of drug-likeness (QED) is 0.673. The predicted octanol–water partition coefficient (Wildman–Crippen LogP) is 3.48. The second-order valence-electron chi connectivity index (χ2n) is 3.62. The standard InChI is InChI=1S/C12H9NO3S2/c1-7(14)16-12-6-10-11(18-13-12)5-9(17-10)8-3-2-4-15-8/h2-6,13H,1H3. The van der Waals surface area contributed by atoms with Gasteiger partial charge in [-0.2, -0.15) is 0 Å². The summed E-state index contributed by atoms with van der Waals surface area (Å²) in [6.45, 7) is 1.38. The maximum absolute atomic E-state index is 10.9. The van der Waals surface area contributed by atoms with Gasteiger partial charge in [0.1, 0.15) is 5.76 Å². The van der Waals surface area contributed by atoms with Gasteiger partial charge in [-0.05, 0) is 30.1 Å². The average molecular weight is 279 g/mol. The zero-order chi connectivity index (χ0) is 12.5. The maximum atomic E-state index is 10.9. The van der Waals surface area contributed by atoms with Gasteiger partial charge in [0.25, 0.3) is 0 Å². The Morgan fingerprint density at radius 2 is 2.39 bits per heavy atom. The third-order valence-electron chi connectivity index (χ3n) is 2.27. The molecule has 0 fully saturated rings. The van der Waals surface area contributed by atoms with Crippen molar-refractivity contribution in [1.82, 2.24) is 4.72 Å². The van der Waals surface area contributed by atoms with Crippen LogP contribution in [0, 0.1) is 0 Å². The fraction of sp³-hybridized carbons (Fsp3) is 0.0833. The highest BCUT2D eigenvalue weighted by molar-refractivity contribution is 7.97. The van der Waals surface area contributed by atoms with E-state index in [0.717, 1.165) is 20.4 Å². The first-order valence-corrected chi connectivity index (χ1v) is 6.86. The molecule has 3 heterocycles. The zero-order valence-electron chi connectivity index (χ0n) is 9.43. The minimum atomic E-state index is -0.333. The second kappa shape index (κ2) is 4.55. The molecule has 0 aliphatic carbocycles. The zero-order valence-corrected chi connectivity index (χ0v) is 11.1. The molecule has 92 valence electrons. The first-order chi connectivity index (χ1) is 8.72. The molecule has 0 aromatic carbocycles. The molecular formula is C12H9NO3S2. The first-order valence-electron chi connectivity index (χ1n) is 5.23. The molecule has 1 N–H and O–H groups in total. The summed E-state index contributed by atoms with van der Waals surface area (Å²) in [4.78, 5) is 14.1.